The second-order valence-electron chi connectivity index (χ2n) is 5.73. The maximum atomic E-state index is 10.6. The molecule has 3 nitrogen and oxygen atoms in total. The number of aliphatic carboxylic acids is 1. The van der Waals surface area contributed by atoms with Gasteiger partial charge in [0.25, 0.3) is 0 Å². The summed E-state index contributed by atoms with van der Waals surface area (Å²) in [6.45, 7) is 0. The Morgan fingerprint density at radius 3 is 2.59 bits per heavy atom. The summed E-state index contributed by atoms with van der Waals surface area (Å²) in [5, 5.41) is 18.7. The van der Waals surface area contributed by atoms with Gasteiger partial charge in [-0.2, -0.15) is 5.26 Å². The van der Waals surface area contributed by atoms with Crippen LogP contribution in [0.2, 0.25) is 5.02 Å². The lowest BCUT2D eigenvalue weighted by Gasteiger charge is -2.23. The van der Waals surface area contributed by atoms with E-state index in [4.69, 9.17) is 16.7 Å². The zero-order valence-electron chi connectivity index (χ0n) is 12.4. The number of nitrogens with zero attached hydrogens (tertiary/aromatic N) is 1. The molecule has 0 heterocycles. The molecule has 0 aromatic heterocycles. The smallest absolute Gasteiger partial charge is 0.303 e. The monoisotopic (exact) mass is 341 g/mol. The van der Waals surface area contributed by atoms with Crippen molar-refractivity contribution in [1.82, 2.24) is 0 Å². The average Bonchev–Trinajstić information content (AvgIpc) is 2.48. The van der Waals surface area contributed by atoms with E-state index < -0.39 is 11.9 Å². The van der Waals surface area contributed by atoms with Crippen LogP contribution in [-0.2, 0) is 4.79 Å². The van der Waals surface area contributed by atoms with Crippen molar-refractivity contribution in [2.24, 2.45) is 0 Å². The van der Waals surface area contributed by atoms with Gasteiger partial charge in [0, 0.05) is 11.4 Å². The molecule has 1 fully saturated rings. The molecule has 0 radical (unpaired) electrons. The van der Waals surface area contributed by atoms with Crippen molar-refractivity contribution >= 4 is 30.0 Å². The Kier molecular flexibility index (Phi) is 7.72. The Balaban J connectivity index is 0.00000242. The van der Waals surface area contributed by atoms with E-state index in [0.717, 1.165) is 10.6 Å². The highest BCUT2D eigenvalue weighted by molar-refractivity contribution is 6.31. The molecule has 2 rings (SSSR count). The van der Waals surface area contributed by atoms with Crippen LogP contribution in [0.3, 0.4) is 0 Å². The molecule has 1 aromatic carbocycles. The Morgan fingerprint density at radius 2 is 2.05 bits per heavy atom. The molecule has 120 valence electrons. The van der Waals surface area contributed by atoms with E-state index in [1.165, 1.54) is 37.7 Å². The molecule has 1 unspecified atom stereocenters. The van der Waals surface area contributed by atoms with Crippen molar-refractivity contribution < 1.29 is 9.90 Å². The van der Waals surface area contributed by atoms with Gasteiger partial charge in [0.15, 0.2) is 0 Å². The maximum absolute atomic E-state index is 10.6. The fourth-order valence-electron chi connectivity index (χ4n) is 3.08. The van der Waals surface area contributed by atoms with Crippen LogP contribution >= 0.6 is 24.0 Å². The Morgan fingerprint density at radius 1 is 1.36 bits per heavy atom. The molecule has 5 heteroatoms. The second kappa shape index (κ2) is 9.02. The summed E-state index contributed by atoms with van der Waals surface area (Å²) in [5.41, 5.74) is 2.00. The summed E-state index contributed by atoms with van der Waals surface area (Å²) in [7, 11) is 0. The van der Waals surface area contributed by atoms with Crippen molar-refractivity contribution in [2.45, 2.75) is 56.8 Å². The lowest BCUT2D eigenvalue weighted by atomic mass is 9.83. The number of benzene rings is 1. The van der Waals surface area contributed by atoms with Crippen LogP contribution in [0.4, 0.5) is 0 Å². The Labute approximate surface area is 142 Å². The molecular formula is C17H21Cl2NO2. The lowest BCUT2D eigenvalue weighted by Crippen LogP contribution is -2.06. The van der Waals surface area contributed by atoms with Crippen LogP contribution in [0.15, 0.2) is 18.2 Å². The van der Waals surface area contributed by atoms with Gasteiger partial charge in [-0.05, 0) is 42.4 Å². The van der Waals surface area contributed by atoms with Gasteiger partial charge >= 0.3 is 5.97 Å². The Hall–Kier alpha value is -1.24. The molecule has 1 saturated carbocycles. The molecule has 1 atom stereocenters. The van der Waals surface area contributed by atoms with Crippen molar-refractivity contribution in [2.75, 3.05) is 0 Å². The fourth-order valence-corrected chi connectivity index (χ4v) is 3.42. The Bertz CT molecular complexity index is 548. The largest absolute Gasteiger partial charge is 0.481 e. The molecule has 0 bridgehead atoms. The summed E-state index contributed by atoms with van der Waals surface area (Å²) in [5.74, 6) is -0.751. The number of carboxylic acid groups (broad SMARTS) is 1. The normalized spacial score (nSPS) is 16.4. The van der Waals surface area contributed by atoms with Crippen LogP contribution in [-0.4, -0.2) is 11.1 Å². The van der Waals surface area contributed by atoms with Gasteiger partial charge < -0.3 is 5.11 Å². The van der Waals surface area contributed by atoms with Crippen molar-refractivity contribution in [3.8, 4) is 6.07 Å². The van der Waals surface area contributed by atoms with E-state index in [9.17, 15) is 10.1 Å². The fraction of sp³-hybridized carbons (Fsp3) is 0.529. The topological polar surface area (TPSA) is 61.1 Å². The van der Waals surface area contributed by atoms with Crippen LogP contribution in [0, 0.1) is 11.3 Å². The molecule has 1 N–H and O–H groups in total. The summed E-state index contributed by atoms with van der Waals surface area (Å²) in [6.07, 6.45) is 6.49. The number of hydrogen-bond acceptors (Lipinski definition) is 2. The maximum Gasteiger partial charge on any atom is 0.303 e. The molecule has 0 saturated heterocycles. The van der Waals surface area contributed by atoms with Crippen LogP contribution in [0.5, 0.6) is 0 Å². The minimum absolute atomic E-state index is 0. The second-order valence-corrected chi connectivity index (χ2v) is 6.14. The number of halogens is 2. The summed E-state index contributed by atoms with van der Waals surface area (Å²) >= 11 is 6.40. The van der Waals surface area contributed by atoms with Crippen LogP contribution < -0.4 is 0 Å². The number of rotatable bonds is 5. The SMILES string of the molecule is Cl.N#CC(CCC(=O)O)c1ccc(C2CCCCC2)c(Cl)c1. The summed E-state index contributed by atoms with van der Waals surface area (Å²) < 4.78 is 0. The van der Waals surface area contributed by atoms with Crippen molar-refractivity contribution in [1.29, 1.82) is 5.26 Å². The van der Waals surface area contributed by atoms with E-state index in [2.05, 4.69) is 6.07 Å². The molecule has 22 heavy (non-hydrogen) atoms. The van der Waals surface area contributed by atoms with E-state index in [1.54, 1.807) is 0 Å². The molecule has 0 spiro atoms. The highest BCUT2D eigenvalue weighted by atomic mass is 35.5. The first kappa shape index (κ1) is 18.8. The minimum atomic E-state index is -0.875. The number of carbonyl (C=O) groups is 1. The third-order valence-electron chi connectivity index (χ3n) is 4.27. The molecule has 0 aliphatic heterocycles. The summed E-state index contributed by atoms with van der Waals surface area (Å²) in [6, 6.07) is 7.99. The number of carboxylic acids is 1. The van der Waals surface area contributed by atoms with Gasteiger partial charge in [-0.3, -0.25) is 4.79 Å². The van der Waals surface area contributed by atoms with E-state index in [1.807, 2.05) is 18.2 Å². The predicted octanol–water partition coefficient (Wildman–Crippen LogP) is 5.28. The van der Waals surface area contributed by atoms with Crippen LogP contribution in [0.1, 0.15) is 67.9 Å². The molecule has 0 amide bonds. The van der Waals surface area contributed by atoms with Crippen molar-refractivity contribution in [3.63, 3.8) is 0 Å². The lowest BCUT2D eigenvalue weighted by molar-refractivity contribution is -0.137. The molecular weight excluding hydrogens is 321 g/mol. The predicted molar refractivity (Wildman–Crippen MR) is 89.7 cm³/mol. The first-order valence-corrected chi connectivity index (χ1v) is 7.90. The molecule has 1 aliphatic carbocycles. The highest BCUT2D eigenvalue weighted by Gasteiger charge is 2.20. The standard InChI is InChI=1S/C17H20ClNO2.ClH/c18-16-10-13(14(11-19)7-9-17(20)21)6-8-15(16)12-4-2-1-3-5-12;/h6,8,10,12,14H,1-5,7,9H2,(H,20,21);1H. The zero-order chi connectivity index (χ0) is 15.2. The number of nitriles is 1. The first-order chi connectivity index (χ1) is 10.1. The van der Waals surface area contributed by atoms with Gasteiger partial charge in [-0.15, -0.1) is 12.4 Å². The molecule has 1 aromatic rings. The van der Waals surface area contributed by atoms with Crippen molar-refractivity contribution in [3.05, 3.63) is 34.3 Å². The minimum Gasteiger partial charge on any atom is -0.481 e. The van der Waals surface area contributed by atoms with E-state index in [-0.39, 0.29) is 18.8 Å². The van der Waals surface area contributed by atoms with E-state index >= 15 is 0 Å². The van der Waals surface area contributed by atoms with E-state index in [0.29, 0.717) is 12.3 Å². The van der Waals surface area contributed by atoms with Gasteiger partial charge in [0.1, 0.15) is 0 Å². The van der Waals surface area contributed by atoms with Gasteiger partial charge in [-0.1, -0.05) is 43.0 Å². The average molecular weight is 342 g/mol. The third kappa shape index (κ3) is 4.90. The van der Waals surface area contributed by atoms with Gasteiger partial charge in [-0.25, -0.2) is 0 Å². The molecule has 1 aliphatic rings. The summed E-state index contributed by atoms with van der Waals surface area (Å²) in [4.78, 5) is 10.6. The quantitative estimate of drug-likeness (QED) is 0.792. The number of hydrogen-bond donors (Lipinski definition) is 1. The van der Waals surface area contributed by atoms with Crippen LogP contribution in [0.25, 0.3) is 0 Å². The zero-order valence-corrected chi connectivity index (χ0v) is 14.0. The van der Waals surface area contributed by atoms with Gasteiger partial charge in [0.05, 0.1) is 12.0 Å². The third-order valence-corrected chi connectivity index (χ3v) is 4.60. The highest BCUT2D eigenvalue weighted by Crippen LogP contribution is 2.37. The van der Waals surface area contributed by atoms with Gasteiger partial charge in [0.2, 0.25) is 0 Å². The first-order valence-electron chi connectivity index (χ1n) is 7.52.